The highest BCUT2D eigenvalue weighted by Gasteiger charge is 2.27. The Balaban J connectivity index is 1.77. The number of nitrogens with zero attached hydrogens (tertiary/aromatic N) is 1. The van der Waals surface area contributed by atoms with Gasteiger partial charge in [-0.2, -0.15) is 0 Å². The van der Waals surface area contributed by atoms with Crippen LogP contribution >= 0.6 is 0 Å². The summed E-state index contributed by atoms with van der Waals surface area (Å²) in [7, 11) is 0. The van der Waals surface area contributed by atoms with Gasteiger partial charge >= 0.3 is 0 Å². The minimum atomic E-state index is -0.117. The van der Waals surface area contributed by atoms with Crippen LogP contribution in [0, 0.1) is 5.41 Å². The minimum absolute atomic E-state index is 0.117. The van der Waals surface area contributed by atoms with E-state index in [2.05, 4.69) is 24.1 Å². The topological polar surface area (TPSA) is 35.5 Å². The van der Waals surface area contributed by atoms with Crippen molar-refractivity contribution in [2.24, 2.45) is 5.41 Å². The van der Waals surface area contributed by atoms with Crippen LogP contribution in [0.5, 0.6) is 0 Å². The summed E-state index contributed by atoms with van der Waals surface area (Å²) in [6, 6.07) is 0.510. The van der Waals surface area contributed by atoms with E-state index >= 15 is 0 Å². The standard InChI is InChI=1S/C13H26N2O/c1-13(2)4-3-6-15(7-5-13)10-11-8-12(16)9-14-11/h11-12,14,16H,3-10H2,1-2H3. The molecule has 2 unspecified atom stereocenters. The largest absolute Gasteiger partial charge is 0.392 e. The van der Waals surface area contributed by atoms with E-state index in [1.54, 1.807) is 0 Å². The van der Waals surface area contributed by atoms with Gasteiger partial charge in [-0.3, -0.25) is 0 Å². The van der Waals surface area contributed by atoms with E-state index in [9.17, 15) is 5.11 Å². The van der Waals surface area contributed by atoms with Crippen molar-refractivity contribution < 1.29 is 5.11 Å². The number of nitrogens with one attached hydrogen (secondary N) is 1. The number of likely N-dealkylation sites (tertiary alicyclic amines) is 1. The SMILES string of the molecule is CC1(C)CCCN(CC2CC(O)CN2)CC1. The summed E-state index contributed by atoms with van der Waals surface area (Å²) in [6.07, 6.45) is 4.79. The third-order valence-corrected chi connectivity index (χ3v) is 4.11. The van der Waals surface area contributed by atoms with Crippen LogP contribution in [0.25, 0.3) is 0 Å². The van der Waals surface area contributed by atoms with Crippen molar-refractivity contribution in [2.75, 3.05) is 26.2 Å². The van der Waals surface area contributed by atoms with Crippen LogP contribution in [0.2, 0.25) is 0 Å². The first-order valence-electron chi connectivity index (χ1n) is 6.69. The molecule has 0 bridgehead atoms. The molecule has 0 saturated carbocycles. The molecule has 2 aliphatic heterocycles. The number of β-amino-alcohol motifs (C(OH)–C–C–N with tert-alkyl or cyclic N) is 1. The molecule has 0 aromatic rings. The predicted molar refractivity (Wildman–Crippen MR) is 66.5 cm³/mol. The van der Waals surface area contributed by atoms with Gasteiger partial charge in [-0.25, -0.2) is 0 Å². The van der Waals surface area contributed by atoms with Crippen LogP contribution in [0.15, 0.2) is 0 Å². The lowest BCUT2D eigenvalue weighted by atomic mass is 9.85. The van der Waals surface area contributed by atoms with Crippen LogP contribution in [0.3, 0.4) is 0 Å². The third-order valence-electron chi connectivity index (χ3n) is 4.11. The quantitative estimate of drug-likeness (QED) is 0.743. The molecule has 94 valence electrons. The Kier molecular flexibility index (Phi) is 3.88. The number of aliphatic hydroxyl groups excluding tert-OH is 1. The van der Waals surface area contributed by atoms with Gasteiger partial charge in [0.25, 0.3) is 0 Å². The predicted octanol–water partition coefficient (Wildman–Crippen LogP) is 1.22. The molecule has 0 amide bonds. The molecule has 2 saturated heterocycles. The van der Waals surface area contributed by atoms with Crippen LogP contribution in [-0.4, -0.2) is 48.3 Å². The fourth-order valence-corrected chi connectivity index (χ4v) is 2.91. The molecule has 2 fully saturated rings. The normalized spacial score (nSPS) is 36.2. The van der Waals surface area contributed by atoms with Crippen molar-refractivity contribution in [3.8, 4) is 0 Å². The average Bonchev–Trinajstić information content (AvgIpc) is 2.52. The highest BCUT2D eigenvalue weighted by molar-refractivity contribution is 4.85. The Morgan fingerprint density at radius 3 is 2.81 bits per heavy atom. The molecule has 3 nitrogen and oxygen atoms in total. The second-order valence-corrected chi connectivity index (χ2v) is 6.31. The molecule has 2 N–H and O–H groups in total. The van der Waals surface area contributed by atoms with Crippen molar-refractivity contribution in [1.29, 1.82) is 0 Å². The van der Waals surface area contributed by atoms with Crippen molar-refractivity contribution in [1.82, 2.24) is 10.2 Å². The summed E-state index contributed by atoms with van der Waals surface area (Å²) in [4.78, 5) is 2.57. The minimum Gasteiger partial charge on any atom is -0.392 e. The average molecular weight is 226 g/mol. The van der Waals surface area contributed by atoms with Crippen molar-refractivity contribution in [3.63, 3.8) is 0 Å². The fourth-order valence-electron chi connectivity index (χ4n) is 2.91. The summed E-state index contributed by atoms with van der Waals surface area (Å²) in [5.74, 6) is 0. The maximum absolute atomic E-state index is 9.49. The van der Waals surface area contributed by atoms with Gasteiger partial charge in [-0.05, 0) is 44.2 Å². The Hall–Kier alpha value is -0.120. The second kappa shape index (κ2) is 5.03. The van der Waals surface area contributed by atoms with E-state index in [4.69, 9.17) is 0 Å². The summed E-state index contributed by atoms with van der Waals surface area (Å²) >= 11 is 0. The van der Waals surface area contributed by atoms with E-state index in [-0.39, 0.29) is 6.10 Å². The second-order valence-electron chi connectivity index (χ2n) is 6.31. The summed E-state index contributed by atoms with van der Waals surface area (Å²) in [6.45, 7) is 9.12. The van der Waals surface area contributed by atoms with E-state index in [1.807, 2.05) is 0 Å². The zero-order valence-electron chi connectivity index (χ0n) is 10.7. The highest BCUT2D eigenvalue weighted by atomic mass is 16.3. The van der Waals surface area contributed by atoms with Gasteiger partial charge in [0.1, 0.15) is 0 Å². The first kappa shape index (κ1) is 12.3. The summed E-state index contributed by atoms with van der Waals surface area (Å²) < 4.78 is 0. The highest BCUT2D eigenvalue weighted by Crippen LogP contribution is 2.29. The number of hydrogen-bond donors (Lipinski definition) is 2. The smallest absolute Gasteiger partial charge is 0.0680 e. The molecular formula is C13H26N2O. The molecule has 2 aliphatic rings. The summed E-state index contributed by atoms with van der Waals surface area (Å²) in [5.41, 5.74) is 0.525. The van der Waals surface area contributed by atoms with Gasteiger partial charge in [0.05, 0.1) is 6.10 Å². The molecule has 0 spiro atoms. The molecule has 0 radical (unpaired) electrons. The maximum atomic E-state index is 9.49. The van der Waals surface area contributed by atoms with Gasteiger partial charge < -0.3 is 15.3 Å². The van der Waals surface area contributed by atoms with Crippen LogP contribution in [0.1, 0.15) is 39.5 Å². The number of aliphatic hydroxyl groups is 1. The van der Waals surface area contributed by atoms with Crippen molar-refractivity contribution in [3.05, 3.63) is 0 Å². The molecule has 0 aromatic carbocycles. The number of rotatable bonds is 2. The molecule has 16 heavy (non-hydrogen) atoms. The summed E-state index contributed by atoms with van der Waals surface area (Å²) in [5, 5.41) is 12.9. The zero-order valence-corrected chi connectivity index (χ0v) is 10.7. The van der Waals surface area contributed by atoms with E-state index in [1.165, 1.54) is 32.4 Å². The van der Waals surface area contributed by atoms with Crippen LogP contribution in [-0.2, 0) is 0 Å². The monoisotopic (exact) mass is 226 g/mol. The third kappa shape index (κ3) is 3.44. The maximum Gasteiger partial charge on any atom is 0.0680 e. The Morgan fingerprint density at radius 2 is 2.12 bits per heavy atom. The van der Waals surface area contributed by atoms with Gasteiger partial charge in [-0.15, -0.1) is 0 Å². The van der Waals surface area contributed by atoms with E-state index in [0.717, 1.165) is 19.5 Å². The molecule has 2 rings (SSSR count). The van der Waals surface area contributed by atoms with Crippen LogP contribution in [0.4, 0.5) is 0 Å². The molecule has 2 atom stereocenters. The molecule has 0 aliphatic carbocycles. The molecule has 0 aromatic heterocycles. The van der Waals surface area contributed by atoms with Gasteiger partial charge in [0, 0.05) is 19.1 Å². The first-order valence-corrected chi connectivity index (χ1v) is 6.69. The molecular weight excluding hydrogens is 200 g/mol. The lowest BCUT2D eigenvalue weighted by molar-refractivity contribution is 0.186. The van der Waals surface area contributed by atoms with Crippen LogP contribution < -0.4 is 5.32 Å². The van der Waals surface area contributed by atoms with Gasteiger partial charge in [0.15, 0.2) is 0 Å². The lowest BCUT2D eigenvalue weighted by Gasteiger charge is -2.25. The Bertz CT molecular complexity index is 230. The lowest BCUT2D eigenvalue weighted by Crippen LogP contribution is -2.38. The molecule has 3 heteroatoms. The van der Waals surface area contributed by atoms with Crippen molar-refractivity contribution in [2.45, 2.75) is 51.7 Å². The Morgan fingerprint density at radius 1 is 1.31 bits per heavy atom. The zero-order chi connectivity index (χ0) is 11.6. The fraction of sp³-hybridized carbons (Fsp3) is 1.00. The Labute approximate surface area is 99.2 Å². The van der Waals surface area contributed by atoms with Gasteiger partial charge in [0.2, 0.25) is 0 Å². The first-order chi connectivity index (χ1) is 7.55. The van der Waals surface area contributed by atoms with E-state index < -0.39 is 0 Å². The van der Waals surface area contributed by atoms with Gasteiger partial charge in [-0.1, -0.05) is 13.8 Å². The van der Waals surface area contributed by atoms with Crippen molar-refractivity contribution >= 4 is 0 Å². The molecule has 2 heterocycles. The van der Waals surface area contributed by atoms with E-state index in [0.29, 0.717) is 11.5 Å². The number of hydrogen-bond acceptors (Lipinski definition) is 3.